The van der Waals surface area contributed by atoms with Gasteiger partial charge in [-0.2, -0.15) is 0 Å². The Morgan fingerprint density at radius 3 is 2.50 bits per heavy atom. The molecule has 0 radical (unpaired) electrons. The lowest BCUT2D eigenvalue weighted by atomic mass is 10.1. The topological polar surface area (TPSA) is 66.4 Å². The monoisotopic (exact) mass is 309 g/mol. The molecule has 4 nitrogen and oxygen atoms in total. The van der Waals surface area contributed by atoms with Crippen LogP contribution in [0.2, 0.25) is 5.02 Å². The van der Waals surface area contributed by atoms with Gasteiger partial charge in [0.2, 0.25) is 5.91 Å². The summed E-state index contributed by atoms with van der Waals surface area (Å²) >= 11 is 7.06. The highest BCUT2D eigenvalue weighted by Crippen LogP contribution is 2.19. The third kappa shape index (κ3) is 3.82. The third-order valence-corrected chi connectivity index (χ3v) is 3.85. The summed E-state index contributed by atoms with van der Waals surface area (Å²) in [6.07, 6.45) is 0.117. The molecule has 0 aliphatic carbocycles. The van der Waals surface area contributed by atoms with E-state index in [1.54, 1.807) is 41.8 Å². The first-order chi connectivity index (χ1) is 9.56. The van der Waals surface area contributed by atoms with Crippen LogP contribution in [0.15, 0.2) is 41.8 Å². The summed E-state index contributed by atoms with van der Waals surface area (Å²) in [5, 5.41) is 14.1. The van der Waals surface area contributed by atoms with Crippen LogP contribution in [0, 0.1) is 0 Å². The summed E-state index contributed by atoms with van der Waals surface area (Å²) < 4.78 is 0. The van der Waals surface area contributed by atoms with E-state index in [1.165, 1.54) is 11.3 Å². The Morgan fingerprint density at radius 2 is 1.95 bits per heavy atom. The first-order valence-electron chi connectivity index (χ1n) is 5.86. The number of amides is 1. The summed E-state index contributed by atoms with van der Waals surface area (Å²) in [7, 11) is 0. The number of carbonyl (C=O) groups is 2. The average molecular weight is 310 g/mol. The average Bonchev–Trinajstić information content (AvgIpc) is 2.92. The summed E-state index contributed by atoms with van der Waals surface area (Å²) in [6, 6.07) is 9.30. The van der Waals surface area contributed by atoms with Crippen molar-refractivity contribution in [1.82, 2.24) is 5.32 Å². The summed E-state index contributed by atoms with van der Waals surface area (Å²) in [6.45, 7) is 0. The predicted octanol–water partition coefficient (Wildman–Crippen LogP) is 2.89. The molecule has 1 amide bonds. The van der Waals surface area contributed by atoms with Crippen LogP contribution < -0.4 is 5.32 Å². The van der Waals surface area contributed by atoms with Gasteiger partial charge in [-0.05, 0) is 29.1 Å². The van der Waals surface area contributed by atoms with Crippen molar-refractivity contribution in [1.29, 1.82) is 0 Å². The molecule has 6 heteroatoms. The number of carboxylic acids is 1. The molecule has 20 heavy (non-hydrogen) atoms. The lowest BCUT2D eigenvalue weighted by Crippen LogP contribution is -2.34. The molecule has 0 fully saturated rings. The molecule has 1 aromatic heterocycles. The fourth-order valence-corrected chi connectivity index (χ4v) is 2.60. The van der Waals surface area contributed by atoms with Crippen molar-refractivity contribution in [2.24, 2.45) is 0 Å². The van der Waals surface area contributed by atoms with Crippen LogP contribution >= 0.6 is 22.9 Å². The standard InChI is InChI=1S/C14H12ClNO3S/c15-10-5-3-9(4-6-10)8-12(17)16-13(14(18)19)11-2-1-7-20-11/h1-7,13H,8H2,(H,16,17)(H,18,19). The fourth-order valence-electron chi connectivity index (χ4n) is 1.71. The van der Waals surface area contributed by atoms with Gasteiger partial charge >= 0.3 is 5.97 Å². The van der Waals surface area contributed by atoms with E-state index >= 15 is 0 Å². The number of hydrogen-bond acceptors (Lipinski definition) is 3. The highest BCUT2D eigenvalue weighted by Gasteiger charge is 2.22. The van der Waals surface area contributed by atoms with E-state index in [1.807, 2.05) is 0 Å². The molecule has 1 atom stereocenters. The first kappa shape index (κ1) is 14.6. The molecule has 2 N–H and O–H groups in total. The molecule has 2 aromatic rings. The molecule has 0 bridgehead atoms. The van der Waals surface area contributed by atoms with Gasteiger partial charge in [-0.25, -0.2) is 4.79 Å². The lowest BCUT2D eigenvalue weighted by molar-refractivity contribution is -0.141. The van der Waals surface area contributed by atoms with Gasteiger partial charge in [-0.15, -0.1) is 11.3 Å². The smallest absolute Gasteiger partial charge is 0.331 e. The molecule has 1 heterocycles. The van der Waals surface area contributed by atoms with Gasteiger partial charge in [0, 0.05) is 9.90 Å². The number of hydrogen-bond donors (Lipinski definition) is 2. The summed E-state index contributed by atoms with van der Waals surface area (Å²) in [5.74, 6) is -1.41. The Bertz CT molecular complexity index is 595. The van der Waals surface area contributed by atoms with Gasteiger partial charge in [-0.1, -0.05) is 29.8 Å². The molecule has 1 aromatic carbocycles. The van der Waals surface area contributed by atoms with Crippen LogP contribution in [0.1, 0.15) is 16.5 Å². The molecular weight excluding hydrogens is 298 g/mol. The maximum Gasteiger partial charge on any atom is 0.331 e. The van der Waals surface area contributed by atoms with Crippen molar-refractivity contribution < 1.29 is 14.7 Å². The minimum Gasteiger partial charge on any atom is -0.479 e. The Balaban J connectivity index is 2.02. The summed E-state index contributed by atoms with van der Waals surface area (Å²) in [5.41, 5.74) is 0.780. The summed E-state index contributed by atoms with van der Waals surface area (Å²) in [4.78, 5) is 23.7. The lowest BCUT2D eigenvalue weighted by Gasteiger charge is -2.13. The van der Waals surface area contributed by atoms with Crippen LogP contribution in [0.25, 0.3) is 0 Å². The second-order valence-corrected chi connectivity index (χ2v) is 5.57. The minimum atomic E-state index is -1.07. The number of carbonyl (C=O) groups excluding carboxylic acids is 1. The number of benzene rings is 1. The molecular formula is C14H12ClNO3S. The molecule has 0 spiro atoms. The molecule has 104 valence electrons. The Kier molecular flexibility index (Phi) is 4.76. The molecule has 0 saturated heterocycles. The minimum absolute atomic E-state index is 0.117. The van der Waals surface area contributed by atoms with Crippen LogP contribution in [0.4, 0.5) is 0 Å². The van der Waals surface area contributed by atoms with E-state index in [-0.39, 0.29) is 12.3 Å². The van der Waals surface area contributed by atoms with E-state index in [0.717, 1.165) is 5.56 Å². The zero-order valence-corrected chi connectivity index (χ0v) is 11.9. The number of halogens is 1. The van der Waals surface area contributed by atoms with Crippen LogP contribution in [0.3, 0.4) is 0 Å². The van der Waals surface area contributed by atoms with Gasteiger partial charge in [0.25, 0.3) is 0 Å². The van der Waals surface area contributed by atoms with E-state index in [9.17, 15) is 14.7 Å². The SMILES string of the molecule is O=C(Cc1ccc(Cl)cc1)NC(C(=O)O)c1cccs1. The van der Waals surface area contributed by atoms with Crippen molar-refractivity contribution in [3.63, 3.8) is 0 Å². The molecule has 0 aliphatic rings. The van der Waals surface area contributed by atoms with E-state index in [0.29, 0.717) is 9.90 Å². The van der Waals surface area contributed by atoms with Crippen LogP contribution in [-0.2, 0) is 16.0 Å². The number of thiophene rings is 1. The number of nitrogens with one attached hydrogen (secondary N) is 1. The third-order valence-electron chi connectivity index (χ3n) is 2.66. The molecule has 0 saturated carbocycles. The van der Waals surface area contributed by atoms with Gasteiger partial charge in [0.1, 0.15) is 0 Å². The van der Waals surface area contributed by atoms with Gasteiger partial charge in [0.15, 0.2) is 6.04 Å². The van der Waals surface area contributed by atoms with E-state index < -0.39 is 12.0 Å². The molecule has 0 aliphatic heterocycles. The quantitative estimate of drug-likeness (QED) is 0.892. The number of carboxylic acid groups (broad SMARTS) is 1. The van der Waals surface area contributed by atoms with Crippen molar-refractivity contribution >= 4 is 34.8 Å². The first-order valence-corrected chi connectivity index (χ1v) is 7.12. The van der Waals surface area contributed by atoms with E-state index in [2.05, 4.69) is 5.32 Å². The van der Waals surface area contributed by atoms with Crippen molar-refractivity contribution in [3.8, 4) is 0 Å². The van der Waals surface area contributed by atoms with Crippen LogP contribution in [-0.4, -0.2) is 17.0 Å². The van der Waals surface area contributed by atoms with Gasteiger partial charge < -0.3 is 10.4 Å². The number of aliphatic carboxylic acids is 1. The van der Waals surface area contributed by atoms with Crippen molar-refractivity contribution in [3.05, 3.63) is 57.2 Å². The van der Waals surface area contributed by atoms with Gasteiger partial charge in [-0.3, -0.25) is 4.79 Å². The molecule has 2 rings (SSSR count). The van der Waals surface area contributed by atoms with Crippen molar-refractivity contribution in [2.75, 3.05) is 0 Å². The second kappa shape index (κ2) is 6.54. The maximum atomic E-state index is 11.9. The fraction of sp³-hybridized carbons (Fsp3) is 0.143. The largest absolute Gasteiger partial charge is 0.479 e. The van der Waals surface area contributed by atoms with Crippen molar-refractivity contribution in [2.45, 2.75) is 12.5 Å². The van der Waals surface area contributed by atoms with Gasteiger partial charge in [0.05, 0.1) is 6.42 Å². The maximum absolute atomic E-state index is 11.9. The Labute approximate surface area is 125 Å². The zero-order valence-electron chi connectivity index (χ0n) is 10.4. The number of rotatable bonds is 5. The normalized spacial score (nSPS) is 11.8. The van der Waals surface area contributed by atoms with E-state index in [4.69, 9.17) is 11.6 Å². The predicted molar refractivity (Wildman–Crippen MR) is 78.0 cm³/mol. The Hall–Kier alpha value is -1.85. The highest BCUT2D eigenvalue weighted by atomic mass is 35.5. The van der Waals surface area contributed by atoms with Crippen LogP contribution in [0.5, 0.6) is 0 Å². The second-order valence-electron chi connectivity index (χ2n) is 4.16. The zero-order chi connectivity index (χ0) is 14.5. The Morgan fingerprint density at radius 1 is 1.25 bits per heavy atom. The highest BCUT2D eigenvalue weighted by molar-refractivity contribution is 7.10. The molecule has 1 unspecified atom stereocenters.